The molecule has 0 aromatic carbocycles. The predicted molar refractivity (Wildman–Crippen MR) is 34.1 cm³/mol. The highest BCUT2D eigenvalue weighted by atomic mass is 27.1. The molecule has 0 spiro atoms. The van der Waals surface area contributed by atoms with E-state index in [1.807, 2.05) is 0 Å². The van der Waals surface area contributed by atoms with E-state index in [-0.39, 0.29) is 0 Å². The molecule has 0 aromatic heterocycles. The Morgan fingerprint density at radius 2 is 2.43 bits per heavy atom. The molecule has 3 heteroatoms. The molecule has 0 saturated heterocycles. The highest BCUT2D eigenvalue weighted by molar-refractivity contribution is 6.35. The topological polar surface area (TPSA) is 9.23 Å². The molecule has 7 heavy (non-hydrogen) atoms. The summed E-state index contributed by atoms with van der Waals surface area (Å²) in [5.74, 6) is 0. The van der Waals surface area contributed by atoms with Crippen molar-refractivity contribution < 1.29 is 3.79 Å². The van der Waals surface area contributed by atoms with E-state index in [1.54, 1.807) is 16.6 Å². The van der Waals surface area contributed by atoms with Crippen LogP contribution in [0, 0.1) is 0 Å². The summed E-state index contributed by atoms with van der Waals surface area (Å²) in [4.78, 5) is 0. The minimum Gasteiger partial charge on any atom is -0.511 e. The minimum atomic E-state index is 0.696. The average Bonchev–Trinajstić information content (AvgIpc) is 1.69. The van der Waals surface area contributed by atoms with Crippen LogP contribution >= 0.6 is 0 Å². The lowest BCUT2D eigenvalue weighted by atomic mass is 10.9. The van der Waals surface area contributed by atoms with Crippen LogP contribution in [0.4, 0.5) is 0 Å². The molecular weight excluding hydrogens is 118 g/mol. The summed E-state index contributed by atoms with van der Waals surface area (Å²) in [6.45, 7) is 3.20. The summed E-state index contributed by atoms with van der Waals surface area (Å²) in [7, 11) is 0. The lowest BCUT2D eigenvalue weighted by molar-refractivity contribution is 0.375. The van der Waals surface area contributed by atoms with E-state index in [1.165, 1.54) is 10.6 Å². The number of rotatable bonds is 4. The van der Waals surface area contributed by atoms with Crippen LogP contribution in [0.1, 0.15) is 6.92 Å². The molecule has 0 heterocycles. The van der Waals surface area contributed by atoms with Crippen LogP contribution in [0.25, 0.3) is 0 Å². The molecule has 0 aromatic rings. The van der Waals surface area contributed by atoms with Gasteiger partial charge in [0.05, 0.1) is 0 Å². The van der Waals surface area contributed by atoms with Crippen LogP contribution in [-0.4, -0.2) is 38.5 Å². The first-order valence-corrected chi connectivity index (χ1v) is 4.81. The molecule has 0 fully saturated rings. The lowest BCUT2D eigenvalue weighted by Gasteiger charge is -1.93. The SMILES string of the molecule is C[CH2][Al][CH2]C[O][AlH]. The second-order valence-electron chi connectivity index (χ2n) is 1.39. The summed E-state index contributed by atoms with van der Waals surface area (Å²) in [5, 5.41) is 2.67. The summed E-state index contributed by atoms with van der Waals surface area (Å²) in [6.07, 6.45) is 0. The van der Waals surface area contributed by atoms with E-state index in [0.717, 1.165) is 6.61 Å². The third-order valence-electron chi connectivity index (χ3n) is 0.755. The van der Waals surface area contributed by atoms with Crippen LogP contribution in [0.15, 0.2) is 0 Å². The average molecular weight is 128 g/mol. The summed E-state index contributed by atoms with van der Waals surface area (Å²) < 4.78 is 4.89. The van der Waals surface area contributed by atoms with E-state index in [9.17, 15) is 0 Å². The molecule has 0 amide bonds. The van der Waals surface area contributed by atoms with Crippen molar-refractivity contribution in [1.29, 1.82) is 0 Å². The molecule has 38 valence electrons. The lowest BCUT2D eigenvalue weighted by Crippen LogP contribution is -1.93. The van der Waals surface area contributed by atoms with E-state index < -0.39 is 0 Å². The fourth-order valence-electron chi connectivity index (χ4n) is 0.371. The minimum absolute atomic E-state index is 0.696. The first-order chi connectivity index (χ1) is 3.41. The Hall–Kier alpha value is 1.02. The first kappa shape index (κ1) is 8.02. The first-order valence-electron chi connectivity index (χ1n) is 2.60. The fourth-order valence-corrected chi connectivity index (χ4v) is 1.61. The van der Waals surface area contributed by atoms with E-state index >= 15 is 0 Å². The van der Waals surface area contributed by atoms with E-state index in [2.05, 4.69) is 6.92 Å². The van der Waals surface area contributed by atoms with Gasteiger partial charge in [-0.05, 0) is 0 Å². The second kappa shape index (κ2) is 7.02. The maximum atomic E-state index is 4.89. The van der Waals surface area contributed by atoms with Crippen LogP contribution in [-0.2, 0) is 3.79 Å². The van der Waals surface area contributed by atoms with E-state index in [4.69, 9.17) is 3.79 Å². The van der Waals surface area contributed by atoms with Crippen molar-refractivity contribution in [1.82, 2.24) is 0 Å². The Morgan fingerprint density at radius 3 is 2.86 bits per heavy atom. The van der Waals surface area contributed by atoms with Gasteiger partial charge in [0.15, 0.2) is 0 Å². The maximum Gasteiger partial charge on any atom is 0.394 e. The number of hydrogen-bond acceptors (Lipinski definition) is 1. The van der Waals surface area contributed by atoms with Crippen molar-refractivity contribution in [2.75, 3.05) is 6.61 Å². The monoisotopic (exact) mass is 128 g/mol. The van der Waals surface area contributed by atoms with Crippen LogP contribution in [0.3, 0.4) is 0 Å². The summed E-state index contributed by atoms with van der Waals surface area (Å²) in [5.41, 5.74) is 0. The van der Waals surface area contributed by atoms with Crippen molar-refractivity contribution in [3.8, 4) is 0 Å². The van der Waals surface area contributed by atoms with Gasteiger partial charge in [-0.3, -0.25) is 0 Å². The highest BCUT2D eigenvalue weighted by Crippen LogP contribution is 1.82. The quantitative estimate of drug-likeness (QED) is 0.393. The zero-order valence-electron chi connectivity index (χ0n) is 4.81. The van der Waals surface area contributed by atoms with Crippen molar-refractivity contribution in [3.05, 3.63) is 0 Å². The molecule has 0 aliphatic heterocycles. The molecular formula is C4H10Al2O. The summed E-state index contributed by atoms with van der Waals surface area (Å²) >= 11 is 2.29. The zero-order valence-corrected chi connectivity index (χ0v) is 7.38. The fraction of sp³-hybridized carbons (Fsp3) is 1.00. The summed E-state index contributed by atoms with van der Waals surface area (Å²) in [6, 6.07) is 0. The Bertz CT molecular complexity index is 28.9. The third kappa shape index (κ3) is 7.02. The largest absolute Gasteiger partial charge is 0.511 e. The van der Waals surface area contributed by atoms with Gasteiger partial charge in [0.25, 0.3) is 0 Å². The molecule has 0 atom stereocenters. The van der Waals surface area contributed by atoms with Gasteiger partial charge in [-0.15, -0.1) is 5.28 Å². The second-order valence-corrected chi connectivity index (χ2v) is 3.77. The van der Waals surface area contributed by atoms with Gasteiger partial charge in [-0.2, -0.15) is 0 Å². The van der Waals surface area contributed by atoms with Crippen molar-refractivity contribution in [3.63, 3.8) is 0 Å². The van der Waals surface area contributed by atoms with Crippen molar-refractivity contribution in [2.45, 2.75) is 17.5 Å². The maximum absolute atomic E-state index is 4.89. The number of hydrogen-bond donors (Lipinski definition) is 0. The van der Waals surface area contributed by atoms with Gasteiger partial charge in [0.2, 0.25) is 15.2 Å². The molecule has 2 radical (unpaired) electrons. The van der Waals surface area contributed by atoms with Crippen LogP contribution in [0.5, 0.6) is 0 Å². The highest BCUT2D eigenvalue weighted by Gasteiger charge is 1.83. The predicted octanol–water partition coefficient (Wildman–Crippen LogP) is 0.380. The molecule has 0 bridgehead atoms. The van der Waals surface area contributed by atoms with Gasteiger partial charge in [0.1, 0.15) is 0 Å². The molecule has 0 unspecified atom stereocenters. The van der Waals surface area contributed by atoms with Gasteiger partial charge in [-0.1, -0.05) is 12.2 Å². The molecule has 0 saturated carbocycles. The van der Waals surface area contributed by atoms with Gasteiger partial charge >= 0.3 is 16.6 Å². The van der Waals surface area contributed by atoms with Crippen LogP contribution < -0.4 is 0 Å². The molecule has 0 N–H and O–H groups in total. The molecule has 0 rings (SSSR count). The van der Waals surface area contributed by atoms with Crippen molar-refractivity contribution >= 4 is 31.8 Å². The Balaban J connectivity index is 2.45. The molecule has 0 aliphatic carbocycles. The zero-order chi connectivity index (χ0) is 5.54. The molecule has 0 aliphatic rings. The van der Waals surface area contributed by atoms with Crippen molar-refractivity contribution in [2.24, 2.45) is 0 Å². The van der Waals surface area contributed by atoms with Gasteiger partial charge < -0.3 is 3.79 Å². The van der Waals surface area contributed by atoms with Gasteiger partial charge in [-0.25, -0.2) is 0 Å². The normalized spacial score (nSPS) is 8.71. The van der Waals surface area contributed by atoms with Gasteiger partial charge in [0, 0.05) is 6.61 Å². The third-order valence-corrected chi connectivity index (χ3v) is 2.26. The Labute approximate surface area is 59.9 Å². The molecule has 1 nitrogen and oxygen atoms in total. The Kier molecular flexibility index (Phi) is 8.05. The Morgan fingerprint density at radius 1 is 1.71 bits per heavy atom. The smallest absolute Gasteiger partial charge is 0.394 e. The van der Waals surface area contributed by atoms with Crippen LogP contribution in [0.2, 0.25) is 10.6 Å². The standard InChI is InChI=1S/C2H4O.C2H5.2Al.H/c1-2-3;1-2;;;/h1-2H2;1H2,2H3;;;/q-1;;;+1;. The van der Waals surface area contributed by atoms with E-state index in [0.29, 0.717) is 15.2 Å².